The van der Waals surface area contributed by atoms with Crippen LogP contribution in [0.5, 0.6) is 0 Å². The van der Waals surface area contributed by atoms with E-state index in [1.165, 1.54) is 0 Å². The van der Waals surface area contributed by atoms with Gasteiger partial charge in [-0.15, -0.1) is 0 Å². The highest BCUT2D eigenvalue weighted by molar-refractivity contribution is 6.28. The summed E-state index contributed by atoms with van der Waals surface area (Å²) in [5, 5.41) is 43.0. The first-order valence-corrected chi connectivity index (χ1v) is 8.63. The summed E-state index contributed by atoms with van der Waals surface area (Å²) in [6.07, 6.45) is 2.93. The number of carboxylic acid groups (broad SMARTS) is 4. The van der Waals surface area contributed by atoms with Gasteiger partial charge in [-0.2, -0.15) is 0 Å². The van der Waals surface area contributed by atoms with Crippen LogP contribution >= 0.6 is 0 Å². The predicted octanol–water partition coefficient (Wildman–Crippen LogP) is -1.46. The van der Waals surface area contributed by atoms with Gasteiger partial charge in [0.05, 0.1) is 0 Å². The Morgan fingerprint density at radius 3 is 1.60 bits per heavy atom. The van der Waals surface area contributed by atoms with E-state index in [0.29, 0.717) is 6.54 Å². The summed E-state index contributed by atoms with van der Waals surface area (Å²) in [7, 11) is 4.16. The van der Waals surface area contributed by atoms with Crippen molar-refractivity contribution >= 4 is 36.0 Å². The standard InChI is InChI=1S/C12H26N4O2.2C2H2O4/c1-4-16(10-6-8-15(2)3)9-5-7-13-12(17)11-14-18;2*3-1(4)2(5)6/h11,18H,4-10H2,1-3H3,(H,13,17);2*(H,3,4)(H,5,6)/b14-11+;;. The summed E-state index contributed by atoms with van der Waals surface area (Å²) < 4.78 is 0. The normalized spacial score (nSPS) is 9.90. The van der Waals surface area contributed by atoms with Crippen LogP contribution in [0.4, 0.5) is 0 Å². The number of carbonyl (C=O) groups excluding carboxylic acids is 1. The molecule has 0 spiro atoms. The smallest absolute Gasteiger partial charge is 0.414 e. The van der Waals surface area contributed by atoms with Gasteiger partial charge in [0.15, 0.2) is 0 Å². The Morgan fingerprint density at radius 2 is 1.27 bits per heavy atom. The summed E-state index contributed by atoms with van der Waals surface area (Å²) >= 11 is 0. The van der Waals surface area contributed by atoms with Crippen molar-refractivity contribution in [1.29, 1.82) is 0 Å². The third-order valence-corrected chi connectivity index (χ3v) is 3.02. The first-order chi connectivity index (χ1) is 13.9. The molecule has 0 aromatic carbocycles. The minimum Gasteiger partial charge on any atom is -0.473 e. The lowest BCUT2D eigenvalue weighted by molar-refractivity contribution is -0.159. The number of oxime groups is 1. The second kappa shape index (κ2) is 20.5. The number of nitrogens with one attached hydrogen (secondary N) is 1. The summed E-state index contributed by atoms with van der Waals surface area (Å²) in [5.41, 5.74) is 0. The molecule has 0 aromatic rings. The van der Waals surface area contributed by atoms with Crippen molar-refractivity contribution in [2.45, 2.75) is 19.8 Å². The Balaban J connectivity index is -0.000000495. The Kier molecular flexibility index (Phi) is 21.5. The van der Waals surface area contributed by atoms with E-state index >= 15 is 0 Å². The van der Waals surface area contributed by atoms with Gasteiger partial charge in [0, 0.05) is 6.54 Å². The Morgan fingerprint density at radius 1 is 0.833 bits per heavy atom. The fourth-order valence-electron chi connectivity index (χ4n) is 1.65. The van der Waals surface area contributed by atoms with Gasteiger partial charge in [-0.3, -0.25) is 4.79 Å². The van der Waals surface area contributed by atoms with E-state index in [2.05, 4.69) is 41.3 Å². The number of rotatable bonds is 10. The number of carboxylic acids is 4. The summed E-state index contributed by atoms with van der Waals surface area (Å²) in [5.74, 6) is -7.65. The van der Waals surface area contributed by atoms with Crippen LogP contribution in [0, 0.1) is 0 Å². The molecule has 0 fully saturated rings. The van der Waals surface area contributed by atoms with E-state index in [-0.39, 0.29) is 5.91 Å². The molecule has 174 valence electrons. The van der Waals surface area contributed by atoms with Gasteiger partial charge in [0.1, 0.15) is 6.21 Å². The molecule has 30 heavy (non-hydrogen) atoms. The van der Waals surface area contributed by atoms with E-state index in [4.69, 9.17) is 44.8 Å². The van der Waals surface area contributed by atoms with Gasteiger partial charge in [-0.1, -0.05) is 12.1 Å². The van der Waals surface area contributed by atoms with E-state index < -0.39 is 23.9 Å². The van der Waals surface area contributed by atoms with Gasteiger partial charge in [0.25, 0.3) is 5.91 Å². The summed E-state index contributed by atoms with van der Waals surface area (Å²) in [6, 6.07) is 0. The highest BCUT2D eigenvalue weighted by atomic mass is 16.4. The van der Waals surface area contributed by atoms with Crippen LogP contribution < -0.4 is 5.32 Å². The summed E-state index contributed by atoms with van der Waals surface area (Å²) in [6.45, 7) is 6.93. The molecule has 0 aliphatic heterocycles. The van der Waals surface area contributed by atoms with Crippen molar-refractivity contribution < 1.29 is 49.6 Å². The molecule has 0 aliphatic rings. The molecule has 0 saturated carbocycles. The van der Waals surface area contributed by atoms with Crippen LogP contribution in [-0.2, 0) is 24.0 Å². The Hall–Kier alpha value is -3.26. The van der Waals surface area contributed by atoms with Gasteiger partial charge >= 0.3 is 23.9 Å². The maximum atomic E-state index is 11.0. The number of hydrogen-bond donors (Lipinski definition) is 6. The third-order valence-electron chi connectivity index (χ3n) is 3.02. The van der Waals surface area contributed by atoms with Crippen LogP contribution in [-0.4, -0.2) is 118 Å². The highest BCUT2D eigenvalue weighted by Crippen LogP contribution is 1.94. The lowest BCUT2D eigenvalue weighted by Gasteiger charge is -2.21. The Labute approximate surface area is 173 Å². The van der Waals surface area contributed by atoms with Gasteiger partial charge in [-0.05, 0) is 53.1 Å². The molecule has 0 atom stereocenters. The molecule has 0 rings (SSSR count). The van der Waals surface area contributed by atoms with Crippen LogP contribution in [0.25, 0.3) is 0 Å². The van der Waals surface area contributed by atoms with Crippen molar-refractivity contribution in [1.82, 2.24) is 15.1 Å². The first-order valence-electron chi connectivity index (χ1n) is 8.63. The fourth-order valence-corrected chi connectivity index (χ4v) is 1.65. The lowest BCUT2D eigenvalue weighted by Crippen LogP contribution is -2.32. The van der Waals surface area contributed by atoms with Crippen LogP contribution in [0.3, 0.4) is 0 Å². The molecule has 14 nitrogen and oxygen atoms in total. The maximum absolute atomic E-state index is 11.0. The second-order valence-electron chi connectivity index (χ2n) is 5.70. The number of carbonyl (C=O) groups is 5. The van der Waals surface area contributed by atoms with Crippen LogP contribution in [0.1, 0.15) is 19.8 Å². The minimum atomic E-state index is -1.82. The zero-order valence-corrected chi connectivity index (χ0v) is 17.1. The number of nitrogens with zero attached hydrogens (tertiary/aromatic N) is 3. The number of hydrogen-bond acceptors (Lipinski definition) is 9. The number of amides is 1. The SMILES string of the molecule is CCN(CCCNC(=O)/C=N/O)CCCN(C)C.O=C(O)C(=O)O.O=C(O)C(=O)O. The Bertz CT molecular complexity index is 518. The quantitative estimate of drug-likeness (QED) is 0.0758. The summed E-state index contributed by atoms with van der Waals surface area (Å²) in [4.78, 5) is 51.9. The molecule has 6 N–H and O–H groups in total. The van der Waals surface area contributed by atoms with Crippen LogP contribution in [0.2, 0.25) is 0 Å². The van der Waals surface area contributed by atoms with E-state index in [9.17, 15) is 4.79 Å². The van der Waals surface area contributed by atoms with E-state index in [1.807, 2.05) is 0 Å². The zero-order valence-electron chi connectivity index (χ0n) is 17.1. The van der Waals surface area contributed by atoms with Crippen molar-refractivity contribution in [2.75, 3.05) is 46.8 Å². The predicted molar refractivity (Wildman–Crippen MR) is 104 cm³/mol. The molecule has 0 bridgehead atoms. The second-order valence-corrected chi connectivity index (χ2v) is 5.70. The molecule has 0 radical (unpaired) electrons. The van der Waals surface area contributed by atoms with Crippen molar-refractivity contribution in [2.24, 2.45) is 5.16 Å². The van der Waals surface area contributed by atoms with Crippen LogP contribution in [0.15, 0.2) is 5.16 Å². The minimum absolute atomic E-state index is 0.354. The van der Waals surface area contributed by atoms with E-state index in [0.717, 1.165) is 45.2 Å². The molecule has 0 heterocycles. The zero-order chi connectivity index (χ0) is 24.1. The van der Waals surface area contributed by atoms with Crippen molar-refractivity contribution in [3.63, 3.8) is 0 Å². The molecular formula is C16H30N4O10. The monoisotopic (exact) mass is 438 g/mol. The first kappa shape index (κ1) is 31.4. The van der Waals surface area contributed by atoms with Gasteiger partial charge in [0.2, 0.25) is 0 Å². The van der Waals surface area contributed by atoms with Crippen molar-refractivity contribution in [3.05, 3.63) is 0 Å². The molecule has 1 amide bonds. The molecular weight excluding hydrogens is 408 g/mol. The molecule has 0 aliphatic carbocycles. The number of aliphatic carboxylic acids is 4. The van der Waals surface area contributed by atoms with E-state index in [1.54, 1.807) is 0 Å². The lowest BCUT2D eigenvalue weighted by atomic mass is 10.3. The maximum Gasteiger partial charge on any atom is 0.414 e. The molecule has 0 aromatic heterocycles. The fraction of sp³-hybridized carbons (Fsp3) is 0.625. The third kappa shape index (κ3) is 27.0. The molecule has 14 heteroatoms. The highest BCUT2D eigenvalue weighted by Gasteiger charge is 2.05. The molecule has 0 saturated heterocycles. The van der Waals surface area contributed by atoms with Gasteiger partial charge < -0.3 is 40.7 Å². The largest absolute Gasteiger partial charge is 0.473 e. The topological polar surface area (TPSA) is 217 Å². The van der Waals surface area contributed by atoms with Crippen molar-refractivity contribution in [3.8, 4) is 0 Å². The average Bonchev–Trinajstić information content (AvgIpc) is 2.64. The average molecular weight is 438 g/mol. The molecule has 0 unspecified atom stereocenters. The van der Waals surface area contributed by atoms with Gasteiger partial charge in [-0.25, -0.2) is 19.2 Å².